The Bertz CT molecular complexity index is 281. The van der Waals surface area contributed by atoms with Crippen LogP contribution in [0.15, 0.2) is 24.3 Å². The third-order valence-corrected chi connectivity index (χ3v) is 3.11. The van der Waals surface area contributed by atoms with Gasteiger partial charge in [-0.15, -0.1) is 0 Å². The summed E-state index contributed by atoms with van der Waals surface area (Å²) < 4.78 is 0. The molecule has 0 aliphatic carbocycles. The van der Waals surface area contributed by atoms with Gasteiger partial charge in [0.15, 0.2) is 0 Å². The van der Waals surface area contributed by atoms with Gasteiger partial charge in [-0.05, 0) is 43.5 Å². The van der Waals surface area contributed by atoms with Crippen LogP contribution in [0.3, 0.4) is 0 Å². The summed E-state index contributed by atoms with van der Waals surface area (Å²) in [4.78, 5) is 0. The number of hydrogen-bond acceptors (Lipinski definition) is 2. The fourth-order valence-corrected chi connectivity index (χ4v) is 2.02. The van der Waals surface area contributed by atoms with E-state index in [1.165, 1.54) is 50.5 Å². The van der Waals surface area contributed by atoms with Crippen molar-refractivity contribution >= 4 is 0 Å². The standard InChI is InChI=1S/C15H25NO/c16-13-7-5-3-1-2-4-6-8-14-9-11-15(17)12-10-14/h9-12,17H,1-8,13,16H2. The SMILES string of the molecule is NCCCCCCCCCc1ccc(O)cc1. The largest absolute Gasteiger partial charge is 0.508 e. The number of phenols is 1. The Kier molecular flexibility index (Phi) is 7.48. The lowest BCUT2D eigenvalue weighted by atomic mass is 10.0. The molecule has 96 valence electrons. The minimum absolute atomic E-state index is 0.355. The fourth-order valence-electron chi connectivity index (χ4n) is 2.02. The summed E-state index contributed by atoms with van der Waals surface area (Å²) in [6.07, 6.45) is 10.2. The van der Waals surface area contributed by atoms with Crippen molar-refractivity contribution in [2.24, 2.45) is 5.73 Å². The first-order chi connectivity index (χ1) is 8.33. The van der Waals surface area contributed by atoms with E-state index in [0.717, 1.165) is 13.0 Å². The van der Waals surface area contributed by atoms with Crippen LogP contribution in [-0.4, -0.2) is 11.7 Å². The highest BCUT2D eigenvalue weighted by atomic mass is 16.3. The highest BCUT2D eigenvalue weighted by molar-refractivity contribution is 5.25. The van der Waals surface area contributed by atoms with Crippen molar-refractivity contribution in [3.05, 3.63) is 29.8 Å². The maximum atomic E-state index is 9.16. The van der Waals surface area contributed by atoms with E-state index in [9.17, 15) is 0 Å². The van der Waals surface area contributed by atoms with Gasteiger partial charge in [-0.2, -0.15) is 0 Å². The predicted molar refractivity (Wildman–Crippen MR) is 73.2 cm³/mol. The van der Waals surface area contributed by atoms with Gasteiger partial charge in [0.1, 0.15) is 5.75 Å². The Balaban J connectivity index is 1.95. The minimum Gasteiger partial charge on any atom is -0.508 e. The molecule has 0 saturated heterocycles. The van der Waals surface area contributed by atoms with Crippen LogP contribution in [0.2, 0.25) is 0 Å². The van der Waals surface area contributed by atoms with Crippen LogP contribution in [0.1, 0.15) is 50.5 Å². The molecule has 17 heavy (non-hydrogen) atoms. The molecule has 1 rings (SSSR count). The molecule has 2 heteroatoms. The Morgan fingerprint density at radius 2 is 1.29 bits per heavy atom. The van der Waals surface area contributed by atoms with Crippen LogP contribution in [0.4, 0.5) is 0 Å². The molecule has 0 fully saturated rings. The van der Waals surface area contributed by atoms with Crippen molar-refractivity contribution in [2.75, 3.05) is 6.54 Å². The lowest BCUT2D eigenvalue weighted by molar-refractivity contribution is 0.475. The molecule has 0 atom stereocenters. The van der Waals surface area contributed by atoms with Crippen LogP contribution in [0.25, 0.3) is 0 Å². The van der Waals surface area contributed by atoms with Crippen molar-refractivity contribution in [3.8, 4) is 5.75 Å². The molecule has 1 aromatic rings. The maximum Gasteiger partial charge on any atom is 0.115 e. The molecule has 0 aliphatic heterocycles. The van der Waals surface area contributed by atoms with E-state index in [0.29, 0.717) is 5.75 Å². The van der Waals surface area contributed by atoms with Crippen molar-refractivity contribution in [1.29, 1.82) is 0 Å². The molecule has 0 spiro atoms. The molecule has 0 heterocycles. The van der Waals surface area contributed by atoms with Crippen LogP contribution in [0.5, 0.6) is 5.75 Å². The minimum atomic E-state index is 0.355. The van der Waals surface area contributed by atoms with Gasteiger partial charge >= 0.3 is 0 Å². The second-order valence-corrected chi connectivity index (χ2v) is 4.68. The lowest BCUT2D eigenvalue weighted by Crippen LogP contribution is -1.97. The van der Waals surface area contributed by atoms with E-state index < -0.39 is 0 Å². The van der Waals surface area contributed by atoms with Gasteiger partial charge < -0.3 is 10.8 Å². The number of rotatable bonds is 9. The highest BCUT2D eigenvalue weighted by Crippen LogP contribution is 2.13. The summed E-state index contributed by atoms with van der Waals surface area (Å²) in [7, 11) is 0. The first kappa shape index (κ1) is 14.0. The quantitative estimate of drug-likeness (QED) is 0.642. The fraction of sp³-hybridized carbons (Fsp3) is 0.600. The molecule has 2 nitrogen and oxygen atoms in total. The number of nitrogens with two attached hydrogens (primary N) is 1. The van der Waals surface area contributed by atoms with E-state index in [4.69, 9.17) is 10.8 Å². The summed E-state index contributed by atoms with van der Waals surface area (Å²) >= 11 is 0. The summed E-state index contributed by atoms with van der Waals surface area (Å²) in [5.41, 5.74) is 6.77. The molecule has 0 radical (unpaired) electrons. The van der Waals surface area contributed by atoms with Gasteiger partial charge in [-0.3, -0.25) is 0 Å². The number of phenolic OH excluding ortho intramolecular Hbond substituents is 1. The highest BCUT2D eigenvalue weighted by Gasteiger charge is 1.95. The van der Waals surface area contributed by atoms with Gasteiger partial charge in [0.25, 0.3) is 0 Å². The van der Waals surface area contributed by atoms with Crippen molar-refractivity contribution < 1.29 is 5.11 Å². The predicted octanol–water partition coefficient (Wildman–Crippen LogP) is 3.62. The monoisotopic (exact) mass is 235 g/mol. The summed E-state index contributed by atoms with van der Waals surface area (Å²) in [6, 6.07) is 7.55. The summed E-state index contributed by atoms with van der Waals surface area (Å²) in [5.74, 6) is 0.355. The zero-order valence-corrected chi connectivity index (χ0v) is 10.7. The van der Waals surface area contributed by atoms with Crippen molar-refractivity contribution in [3.63, 3.8) is 0 Å². The average molecular weight is 235 g/mol. The van der Waals surface area contributed by atoms with Crippen LogP contribution < -0.4 is 5.73 Å². The third kappa shape index (κ3) is 7.01. The van der Waals surface area contributed by atoms with Gasteiger partial charge in [0.2, 0.25) is 0 Å². The number of aromatic hydroxyl groups is 1. The zero-order chi connectivity index (χ0) is 12.3. The third-order valence-electron chi connectivity index (χ3n) is 3.11. The Hall–Kier alpha value is -1.02. The van der Waals surface area contributed by atoms with Crippen molar-refractivity contribution in [1.82, 2.24) is 0 Å². The maximum absolute atomic E-state index is 9.16. The molecule has 1 aromatic carbocycles. The smallest absolute Gasteiger partial charge is 0.115 e. The van der Waals surface area contributed by atoms with Crippen LogP contribution in [0, 0.1) is 0 Å². The number of benzene rings is 1. The number of aryl methyl sites for hydroxylation is 1. The zero-order valence-electron chi connectivity index (χ0n) is 10.7. The molecule has 0 aromatic heterocycles. The summed E-state index contributed by atoms with van der Waals surface area (Å²) in [5, 5.41) is 9.16. The topological polar surface area (TPSA) is 46.2 Å². The van der Waals surface area contributed by atoms with Crippen LogP contribution in [-0.2, 0) is 6.42 Å². The Labute approximate surface area is 105 Å². The second-order valence-electron chi connectivity index (χ2n) is 4.68. The van der Waals surface area contributed by atoms with E-state index in [1.807, 2.05) is 12.1 Å². The number of unbranched alkanes of at least 4 members (excludes halogenated alkanes) is 6. The Morgan fingerprint density at radius 1 is 0.765 bits per heavy atom. The normalized spacial score (nSPS) is 10.6. The first-order valence-electron chi connectivity index (χ1n) is 6.81. The molecule has 3 N–H and O–H groups in total. The van der Waals surface area contributed by atoms with Gasteiger partial charge in [0.05, 0.1) is 0 Å². The molecule has 0 unspecified atom stereocenters. The van der Waals surface area contributed by atoms with Crippen molar-refractivity contribution in [2.45, 2.75) is 51.4 Å². The average Bonchev–Trinajstić information content (AvgIpc) is 2.35. The second kappa shape index (κ2) is 9.06. The molecular weight excluding hydrogens is 210 g/mol. The van der Waals surface area contributed by atoms with E-state index >= 15 is 0 Å². The van der Waals surface area contributed by atoms with Gasteiger partial charge in [0, 0.05) is 0 Å². The lowest BCUT2D eigenvalue weighted by Gasteiger charge is -2.02. The molecule has 0 amide bonds. The van der Waals surface area contributed by atoms with Gasteiger partial charge in [-0.1, -0.05) is 44.2 Å². The molecule has 0 bridgehead atoms. The number of hydrogen-bond donors (Lipinski definition) is 2. The Morgan fingerprint density at radius 3 is 1.88 bits per heavy atom. The molecule has 0 saturated carbocycles. The van der Waals surface area contributed by atoms with E-state index in [1.54, 1.807) is 12.1 Å². The molecule has 0 aliphatic rings. The van der Waals surface area contributed by atoms with E-state index in [2.05, 4.69) is 0 Å². The van der Waals surface area contributed by atoms with Gasteiger partial charge in [-0.25, -0.2) is 0 Å². The first-order valence-corrected chi connectivity index (χ1v) is 6.81. The summed E-state index contributed by atoms with van der Waals surface area (Å²) in [6.45, 7) is 0.834. The molecular formula is C15H25NO. The van der Waals surface area contributed by atoms with Crippen LogP contribution >= 0.6 is 0 Å². The van der Waals surface area contributed by atoms with E-state index in [-0.39, 0.29) is 0 Å².